The minimum atomic E-state index is -0.809. The molecule has 1 aliphatic rings. The van der Waals surface area contributed by atoms with Crippen molar-refractivity contribution >= 4 is 11.5 Å². The lowest BCUT2D eigenvalue weighted by atomic mass is 9.92. The fraction of sp³-hybridized carbons (Fsp3) is 0.667. The molecule has 0 aliphatic carbocycles. The van der Waals surface area contributed by atoms with Gasteiger partial charge in [-0.15, -0.1) is 0 Å². The summed E-state index contributed by atoms with van der Waals surface area (Å²) < 4.78 is 4.18. The Morgan fingerprint density at radius 1 is 1.77 bits per heavy atom. The van der Waals surface area contributed by atoms with E-state index in [4.69, 9.17) is 0 Å². The van der Waals surface area contributed by atoms with E-state index in [1.165, 1.54) is 11.5 Å². The monoisotopic (exact) mass is 198 g/mol. The average molecular weight is 198 g/mol. The zero-order valence-corrected chi connectivity index (χ0v) is 8.47. The minimum Gasteiger partial charge on any atom is -0.382 e. The van der Waals surface area contributed by atoms with Crippen molar-refractivity contribution in [3.63, 3.8) is 0 Å². The first-order chi connectivity index (χ1) is 6.21. The van der Waals surface area contributed by atoms with Crippen LogP contribution in [0.5, 0.6) is 0 Å². The Kier molecular flexibility index (Phi) is 2.36. The molecule has 1 saturated heterocycles. The van der Waals surface area contributed by atoms with E-state index < -0.39 is 5.60 Å². The summed E-state index contributed by atoms with van der Waals surface area (Å²) in [5.41, 5.74) is -0.0202. The molecule has 1 aromatic rings. The molecule has 2 N–H and O–H groups in total. The Bertz CT molecular complexity index is 265. The first-order valence-electron chi connectivity index (χ1n) is 4.58. The lowest BCUT2D eigenvalue weighted by Gasteiger charge is -2.28. The van der Waals surface area contributed by atoms with E-state index in [0.29, 0.717) is 0 Å². The molecular weight excluding hydrogens is 184 g/mol. The maximum Gasteiger partial charge on any atom is 0.120 e. The molecule has 13 heavy (non-hydrogen) atoms. The fourth-order valence-electron chi connectivity index (χ4n) is 1.82. The Hall–Kier alpha value is -0.450. The lowest BCUT2D eigenvalue weighted by molar-refractivity contribution is 0.0186. The Morgan fingerprint density at radius 2 is 2.62 bits per heavy atom. The summed E-state index contributed by atoms with van der Waals surface area (Å²) >= 11 is 1.39. The van der Waals surface area contributed by atoms with Gasteiger partial charge in [-0.05, 0) is 43.9 Å². The van der Waals surface area contributed by atoms with E-state index in [2.05, 4.69) is 9.69 Å². The quantitative estimate of drug-likeness (QED) is 0.748. The maximum absolute atomic E-state index is 10.3. The van der Waals surface area contributed by atoms with Gasteiger partial charge < -0.3 is 10.4 Å². The molecule has 2 atom stereocenters. The molecule has 72 valence electrons. The largest absolute Gasteiger partial charge is 0.382 e. The molecule has 2 unspecified atom stereocenters. The molecule has 4 heteroatoms. The summed E-state index contributed by atoms with van der Waals surface area (Å²) in [7, 11) is 0. The van der Waals surface area contributed by atoms with Crippen molar-refractivity contribution in [1.29, 1.82) is 0 Å². The van der Waals surface area contributed by atoms with Crippen molar-refractivity contribution < 1.29 is 5.11 Å². The van der Waals surface area contributed by atoms with Gasteiger partial charge >= 0.3 is 0 Å². The predicted molar refractivity (Wildman–Crippen MR) is 52.7 cm³/mol. The number of hydrogen-bond acceptors (Lipinski definition) is 4. The maximum atomic E-state index is 10.3. The standard InChI is InChI=1S/C9H14N2OS/c1-9(12,7-3-2-5-10-7)8-4-6-13-11-8/h4,6-7,10,12H,2-3,5H2,1H3. The summed E-state index contributed by atoms with van der Waals surface area (Å²) in [5, 5.41) is 15.5. The van der Waals surface area contributed by atoms with Crippen molar-refractivity contribution in [2.45, 2.75) is 31.4 Å². The van der Waals surface area contributed by atoms with Gasteiger partial charge in [0.1, 0.15) is 5.60 Å². The molecule has 0 radical (unpaired) electrons. The van der Waals surface area contributed by atoms with Crippen LogP contribution in [0, 0.1) is 0 Å². The van der Waals surface area contributed by atoms with Crippen LogP contribution in [0.3, 0.4) is 0 Å². The van der Waals surface area contributed by atoms with Gasteiger partial charge in [0.2, 0.25) is 0 Å². The summed E-state index contributed by atoms with van der Waals surface area (Å²) in [6.45, 7) is 2.84. The second-order valence-electron chi connectivity index (χ2n) is 3.68. The third-order valence-corrected chi connectivity index (χ3v) is 3.26. The number of hydrogen-bond donors (Lipinski definition) is 2. The molecule has 2 rings (SSSR count). The molecule has 1 aromatic heterocycles. The van der Waals surface area contributed by atoms with Gasteiger partial charge in [0.05, 0.1) is 5.69 Å². The second kappa shape index (κ2) is 3.36. The topological polar surface area (TPSA) is 45.2 Å². The van der Waals surface area contributed by atoms with Gasteiger partial charge in [-0.25, -0.2) is 0 Å². The fourth-order valence-corrected chi connectivity index (χ4v) is 2.43. The van der Waals surface area contributed by atoms with Gasteiger partial charge in [0, 0.05) is 11.4 Å². The minimum absolute atomic E-state index is 0.162. The lowest BCUT2D eigenvalue weighted by Crippen LogP contribution is -2.43. The van der Waals surface area contributed by atoms with Crippen LogP contribution in [-0.4, -0.2) is 22.1 Å². The molecule has 0 spiro atoms. The van der Waals surface area contributed by atoms with E-state index in [1.54, 1.807) is 0 Å². The highest BCUT2D eigenvalue weighted by molar-refractivity contribution is 7.03. The smallest absolute Gasteiger partial charge is 0.120 e. The molecular formula is C9H14N2OS. The highest BCUT2D eigenvalue weighted by atomic mass is 32.1. The molecule has 3 nitrogen and oxygen atoms in total. The van der Waals surface area contributed by atoms with Crippen molar-refractivity contribution in [3.8, 4) is 0 Å². The molecule has 0 saturated carbocycles. The van der Waals surface area contributed by atoms with Crippen LogP contribution in [0.4, 0.5) is 0 Å². The highest BCUT2D eigenvalue weighted by Crippen LogP contribution is 2.28. The van der Waals surface area contributed by atoms with Gasteiger partial charge in [-0.1, -0.05) is 0 Å². The highest BCUT2D eigenvalue weighted by Gasteiger charge is 2.36. The second-order valence-corrected chi connectivity index (χ2v) is 4.35. The zero-order valence-electron chi connectivity index (χ0n) is 7.66. The predicted octanol–water partition coefficient (Wildman–Crippen LogP) is 1.10. The SMILES string of the molecule is CC(O)(c1ccsn1)C1CCCN1. The van der Waals surface area contributed by atoms with Crippen LogP contribution in [0.2, 0.25) is 0 Å². The van der Waals surface area contributed by atoms with Crippen molar-refractivity contribution in [2.24, 2.45) is 0 Å². The van der Waals surface area contributed by atoms with Crippen molar-refractivity contribution in [2.75, 3.05) is 6.54 Å². The van der Waals surface area contributed by atoms with Gasteiger partial charge in [-0.3, -0.25) is 0 Å². The van der Waals surface area contributed by atoms with E-state index >= 15 is 0 Å². The normalized spacial score (nSPS) is 27.4. The van der Waals surface area contributed by atoms with Crippen LogP contribution in [0.15, 0.2) is 11.4 Å². The van der Waals surface area contributed by atoms with E-state index in [-0.39, 0.29) is 6.04 Å². The van der Waals surface area contributed by atoms with Crippen LogP contribution in [0.1, 0.15) is 25.5 Å². The number of aromatic nitrogens is 1. The molecule has 1 fully saturated rings. The number of nitrogens with zero attached hydrogens (tertiary/aromatic N) is 1. The van der Waals surface area contributed by atoms with Crippen LogP contribution in [-0.2, 0) is 5.60 Å². The summed E-state index contributed by atoms with van der Waals surface area (Å²) in [6, 6.07) is 2.06. The van der Waals surface area contributed by atoms with Crippen molar-refractivity contribution in [1.82, 2.24) is 9.69 Å². The van der Waals surface area contributed by atoms with E-state index in [1.807, 2.05) is 18.4 Å². The molecule has 0 aromatic carbocycles. The van der Waals surface area contributed by atoms with E-state index in [9.17, 15) is 5.11 Å². The van der Waals surface area contributed by atoms with Crippen LogP contribution >= 0.6 is 11.5 Å². The third-order valence-electron chi connectivity index (χ3n) is 2.70. The third kappa shape index (κ3) is 1.61. The Balaban J connectivity index is 2.19. The number of nitrogens with one attached hydrogen (secondary N) is 1. The first-order valence-corrected chi connectivity index (χ1v) is 5.41. The molecule has 0 bridgehead atoms. The molecule has 2 heterocycles. The Morgan fingerprint density at radius 3 is 3.15 bits per heavy atom. The average Bonchev–Trinajstić information content (AvgIpc) is 2.78. The summed E-state index contributed by atoms with van der Waals surface area (Å²) in [5.74, 6) is 0. The summed E-state index contributed by atoms with van der Waals surface area (Å²) in [6.07, 6.45) is 2.18. The summed E-state index contributed by atoms with van der Waals surface area (Å²) in [4.78, 5) is 0. The number of rotatable bonds is 2. The number of aliphatic hydroxyl groups is 1. The first kappa shape index (κ1) is 9.12. The Labute approximate surface area is 82.0 Å². The molecule has 1 aliphatic heterocycles. The van der Waals surface area contributed by atoms with Gasteiger partial charge in [0.15, 0.2) is 0 Å². The zero-order chi connectivity index (χ0) is 9.31. The van der Waals surface area contributed by atoms with Crippen LogP contribution < -0.4 is 5.32 Å². The van der Waals surface area contributed by atoms with Gasteiger partial charge in [0.25, 0.3) is 0 Å². The van der Waals surface area contributed by atoms with Crippen LogP contribution in [0.25, 0.3) is 0 Å². The van der Waals surface area contributed by atoms with Gasteiger partial charge in [-0.2, -0.15) is 4.37 Å². The van der Waals surface area contributed by atoms with E-state index in [0.717, 1.165) is 25.1 Å². The molecule has 0 amide bonds. The van der Waals surface area contributed by atoms with Crippen molar-refractivity contribution in [3.05, 3.63) is 17.1 Å².